The van der Waals surface area contributed by atoms with Crippen molar-refractivity contribution in [3.8, 4) is 0 Å². The number of nitrogens with zero attached hydrogens (tertiary/aromatic N) is 1. The van der Waals surface area contributed by atoms with E-state index in [1.165, 1.54) is 0 Å². The Morgan fingerprint density at radius 2 is 2.42 bits per heavy atom. The van der Waals surface area contributed by atoms with E-state index in [1.54, 1.807) is 6.26 Å². The zero-order valence-corrected chi connectivity index (χ0v) is 11.7. The van der Waals surface area contributed by atoms with Crippen LogP contribution in [0.2, 0.25) is 0 Å². The molecule has 2 N–H and O–H groups in total. The minimum Gasteiger partial charge on any atom is -0.467 e. The number of hydrogen-bond acceptors (Lipinski definition) is 3. The van der Waals surface area contributed by atoms with E-state index in [0.29, 0.717) is 12.6 Å². The van der Waals surface area contributed by atoms with Crippen LogP contribution < -0.4 is 10.6 Å². The van der Waals surface area contributed by atoms with E-state index >= 15 is 0 Å². The maximum absolute atomic E-state index is 11.8. The highest BCUT2D eigenvalue weighted by Crippen LogP contribution is 2.12. The van der Waals surface area contributed by atoms with Gasteiger partial charge in [0.25, 0.3) is 0 Å². The molecule has 0 aliphatic carbocycles. The standard InChI is InChI=1S/C14H23N3O2/c1-11(2)17-7-3-5-12(10-17)16-14(18)15-9-13-6-4-8-19-13/h4,6,8,11-12H,3,5,7,9-10H2,1-2H3,(H2,15,16,18)/t12-/m1/s1. The van der Waals surface area contributed by atoms with Gasteiger partial charge >= 0.3 is 6.03 Å². The average Bonchev–Trinajstić information content (AvgIpc) is 2.90. The topological polar surface area (TPSA) is 57.5 Å². The lowest BCUT2D eigenvalue weighted by atomic mass is 10.0. The van der Waals surface area contributed by atoms with Crippen LogP contribution in [0.5, 0.6) is 0 Å². The van der Waals surface area contributed by atoms with E-state index in [-0.39, 0.29) is 12.1 Å². The second kappa shape index (κ2) is 6.61. The summed E-state index contributed by atoms with van der Waals surface area (Å²) in [5, 5.41) is 5.85. The Labute approximate surface area is 114 Å². The second-order valence-corrected chi connectivity index (χ2v) is 5.33. The third kappa shape index (κ3) is 4.28. The van der Waals surface area contributed by atoms with Crippen molar-refractivity contribution in [3.05, 3.63) is 24.2 Å². The molecule has 2 heterocycles. The van der Waals surface area contributed by atoms with Gasteiger partial charge in [0.05, 0.1) is 12.8 Å². The fourth-order valence-corrected chi connectivity index (χ4v) is 2.41. The molecule has 1 saturated heterocycles. The lowest BCUT2D eigenvalue weighted by Crippen LogP contribution is -2.51. The van der Waals surface area contributed by atoms with Crippen molar-refractivity contribution in [2.75, 3.05) is 13.1 Å². The van der Waals surface area contributed by atoms with Gasteiger partial charge in [0.1, 0.15) is 5.76 Å². The maximum Gasteiger partial charge on any atom is 0.315 e. The maximum atomic E-state index is 11.8. The van der Waals surface area contributed by atoms with Crippen LogP contribution in [0.4, 0.5) is 4.79 Å². The largest absolute Gasteiger partial charge is 0.467 e. The number of hydrogen-bond donors (Lipinski definition) is 2. The summed E-state index contributed by atoms with van der Waals surface area (Å²) in [4.78, 5) is 14.2. The van der Waals surface area contributed by atoms with Crippen LogP contribution in [0.25, 0.3) is 0 Å². The Morgan fingerprint density at radius 3 is 3.11 bits per heavy atom. The van der Waals surface area contributed by atoms with Crippen molar-refractivity contribution >= 4 is 6.03 Å². The summed E-state index contributed by atoms with van der Waals surface area (Å²) in [6, 6.07) is 4.33. The minimum absolute atomic E-state index is 0.119. The number of nitrogens with one attached hydrogen (secondary N) is 2. The molecule has 0 spiro atoms. The Kier molecular flexibility index (Phi) is 4.85. The van der Waals surface area contributed by atoms with E-state index in [9.17, 15) is 4.79 Å². The Bertz CT molecular complexity index is 389. The quantitative estimate of drug-likeness (QED) is 0.875. The molecule has 0 bridgehead atoms. The number of likely N-dealkylation sites (tertiary alicyclic amines) is 1. The number of amides is 2. The summed E-state index contributed by atoms with van der Waals surface area (Å²) in [5.41, 5.74) is 0. The smallest absolute Gasteiger partial charge is 0.315 e. The van der Waals surface area contributed by atoms with Gasteiger partial charge in [-0.15, -0.1) is 0 Å². The zero-order valence-electron chi connectivity index (χ0n) is 11.7. The molecule has 0 saturated carbocycles. The third-order valence-electron chi connectivity index (χ3n) is 3.52. The van der Waals surface area contributed by atoms with Crippen LogP contribution in [-0.2, 0) is 6.54 Å². The molecule has 2 amide bonds. The normalized spacial score (nSPS) is 20.5. The lowest BCUT2D eigenvalue weighted by molar-refractivity contribution is 0.154. The first-order valence-electron chi connectivity index (χ1n) is 6.96. The lowest BCUT2D eigenvalue weighted by Gasteiger charge is -2.35. The summed E-state index contributed by atoms with van der Waals surface area (Å²) < 4.78 is 5.17. The van der Waals surface area contributed by atoms with E-state index < -0.39 is 0 Å². The predicted molar refractivity (Wildman–Crippen MR) is 73.8 cm³/mol. The molecular formula is C14H23N3O2. The van der Waals surface area contributed by atoms with Gasteiger partial charge in [0.2, 0.25) is 0 Å². The van der Waals surface area contributed by atoms with Crippen LogP contribution >= 0.6 is 0 Å². The fourth-order valence-electron chi connectivity index (χ4n) is 2.41. The highest BCUT2D eigenvalue weighted by molar-refractivity contribution is 5.74. The van der Waals surface area contributed by atoms with Crippen LogP contribution in [-0.4, -0.2) is 36.1 Å². The van der Waals surface area contributed by atoms with Gasteiger partial charge < -0.3 is 15.1 Å². The first-order valence-corrected chi connectivity index (χ1v) is 6.96. The molecule has 106 valence electrons. The van der Waals surface area contributed by atoms with E-state index in [0.717, 1.165) is 31.7 Å². The third-order valence-corrected chi connectivity index (χ3v) is 3.52. The summed E-state index contributed by atoms with van der Waals surface area (Å²) in [7, 11) is 0. The number of rotatable bonds is 4. The second-order valence-electron chi connectivity index (χ2n) is 5.33. The van der Waals surface area contributed by atoms with Crippen molar-refractivity contribution in [3.63, 3.8) is 0 Å². The molecule has 1 aliphatic rings. The van der Waals surface area contributed by atoms with Crippen molar-refractivity contribution in [2.45, 2.75) is 45.3 Å². The van der Waals surface area contributed by atoms with Gasteiger partial charge in [0.15, 0.2) is 0 Å². The van der Waals surface area contributed by atoms with Gasteiger partial charge in [-0.1, -0.05) is 0 Å². The minimum atomic E-state index is -0.119. The molecule has 0 radical (unpaired) electrons. The Hall–Kier alpha value is -1.49. The van der Waals surface area contributed by atoms with Crippen molar-refractivity contribution in [1.82, 2.24) is 15.5 Å². The number of urea groups is 1. The van der Waals surface area contributed by atoms with Crippen LogP contribution in [0, 0.1) is 0 Å². The van der Waals surface area contributed by atoms with Gasteiger partial charge in [0, 0.05) is 18.6 Å². The van der Waals surface area contributed by atoms with Gasteiger partial charge in [-0.2, -0.15) is 0 Å². The van der Waals surface area contributed by atoms with Crippen LogP contribution in [0.15, 0.2) is 22.8 Å². The van der Waals surface area contributed by atoms with Crippen molar-refractivity contribution < 1.29 is 9.21 Å². The highest BCUT2D eigenvalue weighted by atomic mass is 16.3. The highest BCUT2D eigenvalue weighted by Gasteiger charge is 2.22. The molecule has 1 atom stereocenters. The van der Waals surface area contributed by atoms with Gasteiger partial charge in [-0.25, -0.2) is 4.79 Å². The van der Waals surface area contributed by atoms with Crippen LogP contribution in [0.1, 0.15) is 32.4 Å². The first kappa shape index (κ1) is 13.9. The monoisotopic (exact) mass is 265 g/mol. The molecule has 2 rings (SSSR count). The molecular weight excluding hydrogens is 242 g/mol. The van der Waals surface area contributed by atoms with E-state index in [1.807, 2.05) is 12.1 Å². The number of carbonyl (C=O) groups excluding carboxylic acids is 1. The van der Waals surface area contributed by atoms with Crippen molar-refractivity contribution in [1.29, 1.82) is 0 Å². The average molecular weight is 265 g/mol. The molecule has 1 aromatic rings. The SMILES string of the molecule is CC(C)N1CCC[C@@H](NC(=O)NCc2ccco2)C1. The van der Waals surface area contributed by atoms with Crippen molar-refractivity contribution in [2.24, 2.45) is 0 Å². The number of carbonyl (C=O) groups is 1. The summed E-state index contributed by atoms with van der Waals surface area (Å²) >= 11 is 0. The molecule has 0 unspecified atom stereocenters. The first-order chi connectivity index (χ1) is 9.15. The van der Waals surface area contributed by atoms with Crippen LogP contribution in [0.3, 0.4) is 0 Å². The van der Waals surface area contributed by atoms with Gasteiger partial charge in [-0.05, 0) is 45.4 Å². The van der Waals surface area contributed by atoms with Gasteiger partial charge in [-0.3, -0.25) is 4.90 Å². The summed E-state index contributed by atoms with van der Waals surface area (Å²) in [5.74, 6) is 0.766. The number of piperidine rings is 1. The molecule has 1 aromatic heterocycles. The summed E-state index contributed by atoms with van der Waals surface area (Å²) in [6.45, 7) is 6.88. The molecule has 5 heteroatoms. The fraction of sp³-hybridized carbons (Fsp3) is 0.643. The Morgan fingerprint density at radius 1 is 1.58 bits per heavy atom. The Balaban J connectivity index is 1.72. The molecule has 1 fully saturated rings. The molecule has 0 aromatic carbocycles. The zero-order chi connectivity index (χ0) is 13.7. The predicted octanol–water partition coefficient (Wildman–Crippen LogP) is 1.95. The molecule has 5 nitrogen and oxygen atoms in total. The molecule has 1 aliphatic heterocycles. The summed E-state index contributed by atoms with van der Waals surface area (Å²) in [6.07, 6.45) is 3.80. The van der Waals surface area contributed by atoms with E-state index in [4.69, 9.17) is 4.42 Å². The van der Waals surface area contributed by atoms with E-state index in [2.05, 4.69) is 29.4 Å². The number of furan rings is 1. The molecule has 19 heavy (non-hydrogen) atoms.